The Morgan fingerprint density at radius 2 is 2.50 bits per heavy atom. The van der Waals surface area contributed by atoms with Crippen molar-refractivity contribution in [3.63, 3.8) is 0 Å². The minimum atomic E-state index is -0.981. The van der Waals surface area contributed by atoms with Crippen LogP contribution in [0.3, 0.4) is 0 Å². The highest BCUT2D eigenvalue weighted by molar-refractivity contribution is 5.86. The summed E-state index contributed by atoms with van der Waals surface area (Å²) in [5, 5.41) is 19.5. The molecule has 0 spiro atoms. The van der Waals surface area contributed by atoms with Gasteiger partial charge in [0.1, 0.15) is 17.1 Å². The molecular formula is C13H16N4O3. The van der Waals surface area contributed by atoms with Gasteiger partial charge < -0.3 is 9.63 Å². The van der Waals surface area contributed by atoms with Gasteiger partial charge in [0.2, 0.25) is 0 Å². The largest absolute Gasteiger partial charge is 0.477 e. The summed E-state index contributed by atoms with van der Waals surface area (Å²) < 4.78 is 5.13. The molecule has 1 atom stereocenters. The maximum absolute atomic E-state index is 11.1. The van der Waals surface area contributed by atoms with E-state index in [1.807, 2.05) is 13.0 Å². The van der Waals surface area contributed by atoms with Gasteiger partial charge in [-0.15, -0.1) is 0 Å². The van der Waals surface area contributed by atoms with Crippen LogP contribution in [-0.4, -0.2) is 37.9 Å². The summed E-state index contributed by atoms with van der Waals surface area (Å²) in [4.78, 5) is 13.3. The summed E-state index contributed by atoms with van der Waals surface area (Å²) in [6.45, 7) is 3.34. The molecule has 7 nitrogen and oxygen atoms in total. The number of carboxylic acids is 1. The van der Waals surface area contributed by atoms with Gasteiger partial charge in [-0.3, -0.25) is 10.00 Å². The maximum atomic E-state index is 11.1. The molecule has 3 heterocycles. The highest BCUT2D eigenvalue weighted by atomic mass is 16.5. The van der Waals surface area contributed by atoms with E-state index in [2.05, 4.69) is 20.3 Å². The minimum absolute atomic E-state index is 0.159. The van der Waals surface area contributed by atoms with Crippen LogP contribution in [0, 0.1) is 6.92 Å². The first kappa shape index (κ1) is 12.9. The van der Waals surface area contributed by atoms with E-state index in [-0.39, 0.29) is 11.7 Å². The zero-order chi connectivity index (χ0) is 14.1. The lowest BCUT2D eigenvalue weighted by Gasteiger charge is -2.22. The van der Waals surface area contributed by atoms with Crippen molar-refractivity contribution in [1.82, 2.24) is 20.3 Å². The van der Waals surface area contributed by atoms with E-state index in [0.717, 1.165) is 30.8 Å². The van der Waals surface area contributed by atoms with Gasteiger partial charge in [-0.05, 0) is 26.3 Å². The fourth-order valence-electron chi connectivity index (χ4n) is 2.73. The number of aromatic amines is 1. The van der Waals surface area contributed by atoms with Crippen molar-refractivity contribution in [3.8, 4) is 0 Å². The number of hydrogen-bond acceptors (Lipinski definition) is 5. The predicted molar refractivity (Wildman–Crippen MR) is 69.2 cm³/mol. The molecule has 1 aliphatic rings. The molecule has 0 amide bonds. The van der Waals surface area contributed by atoms with Gasteiger partial charge >= 0.3 is 5.97 Å². The third kappa shape index (κ3) is 2.32. The molecule has 0 bridgehead atoms. The first-order chi connectivity index (χ1) is 9.65. The average Bonchev–Trinajstić information content (AvgIpc) is 3.09. The number of carbonyl (C=O) groups is 1. The molecule has 3 rings (SSSR count). The van der Waals surface area contributed by atoms with E-state index >= 15 is 0 Å². The highest BCUT2D eigenvalue weighted by Gasteiger charge is 2.29. The van der Waals surface area contributed by atoms with Crippen LogP contribution < -0.4 is 0 Å². The number of hydrogen-bond donors (Lipinski definition) is 2. The molecule has 1 fully saturated rings. The van der Waals surface area contributed by atoms with E-state index in [4.69, 9.17) is 9.63 Å². The van der Waals surface area contributed by atoms with Crippen molar-refractivity contribution >= 4 is 5.97 Å². The van der Waals surface area contributed by atoms with Crippen LogP contribution in [0.4, 0.5) is 0 Å². The van der Waals surface area contributed by atoms with Crippen molar-refractivity contribution in [3.05, 3.63) is 35.0 Å². The Kier molecular flexibility index (Phi) is 3.27. The standard InChI is InChI=1S/C13H16N4O3/c1-8-5-10(16-20-8)11-3-2-4-17(11)7-9-6-14-15-12(9)13(18)19/h5-6,11H,2-4,7H2,1H3,(H,14,15)(H,18,19)/t11-/m0/s1. The lowest BCUT2D eigenvalue weighted by molar-refractivity contribution is 0.0687. The highest BCUT2D eigenvalue weighted by Crippen LogP contribution is 2.32. The van der Waals surface area contributed by atoms with Crippen LogP contribution in [-0.2, 0) is 6.54 Å². The summed E-state index contributed by atoms with van der Waals surface area (Å²) in [5.41, 5.74) is 1.77. The van der Waals surface area contributed by atoms with Crippen molar-refractivity contribution in [2.45, 2.75) is 32.4 Å². The van der Waals surface area contributed by atoms with E-state index in [1.54, 1.807) is 6.20 Å². The van der Waals surface area contributed by atoms with Gasteiger partial charge in [0.05, 0.1) is 12.2 Å². The SMILES string of the molecule is Cc1cc([C@@H]2CCCN2Cc2cn[nH]c2C(=O)O)no1. The zero-order valence-corrected chi connectivity index (χ0v) is 11.2. The molecule has 1 saturated heterocycles. The predicted octanol–water partition coefficient (Wildman–Crippen LogP) is 1.74. The molecular weight excluding hydrogens is 260 g/mol. The van der Waals surface area contributed by atoms with Gasteiger partial charge in [0.25, 0.3) is 0 Å². The molecule has 7 heteroatoms. The molecule has 0 aromatic carbocycles. The molecule has 106 valence electrons. The molecule has 0 radical (unpaired) electrons. The van der Waals surface area contributed by atoms with Gasteiger partial charge in [0, 0.05) is 18.2 Å². The number of aromatic carboxylic acids is 1. The normalized spacial score (nSPS) is 19.6. The number of aryl methyl sites for hydroxylation is 1. The second-order valence-electron chi connectivity index (χ2n) is 5.07. The minimum Gasteiger partial charge on any atom is -0.477 e. The third-order valence-corrected chi connectivity index (χ3v) is 3.66. The Hall–Kier alpha value is -2.15. The molecule has 0 unspecified atom stereocenters. The lowest BCUT2D eigenvalue weighted by Crippen LogP contribution is -2.23. The van der Waals surface area contributed by atoms with Crippen LogP contribution in [0.25, 0.3) is 0 Å². The smallest absolute Gasteiger partial charge is 0.354 e. The Labute approximate surface area is 115 Å². The number of nitrogens with one attached hydrogen (secondary N) is 1. The number of carboxylic acid groups (broad SMARTS) is 1. The van der Waals surface area contributed by atoms with Crippen molar-refractivity contribution in [2.24, 2.45) is 0 Å². The van der Waals surface area contributed by atoms with Gasteiger partial charge in [-0.1, -0.05) is 5.16 Å². The van der Waals surface area contributed by atoms with Crippen LogP contribution in [0.5, 0.6) is 0 Å². The number of nitrogens with zero attached hydrogens (tertiary/aromatic N) is 3. The lowest BCUT2D eigenvalue weighted by atomic mass is 10.1. The van der Waals surface area contributed by atoms with Crippen LogP contribution in [0.1, 0.15) is 46.4 Å². The second-order valence-corrected chi connectivity index (χ2v) is 5.07. The number of rotatable bonds is 4. The van der Waals surface area contributed by atoms with Crippen LogP contribution in [0.15, 0.2) is 16.8 Å². The Morgan fingerprint density at radius 1 is 1.65 bits per heavy atom. The van der Waals surface area contributed by atoms with E-state index in [0.29, 0.717) is 12.1 Å². The third-order valence-electron chi connectivity index (χ3n) is 3.66. The zero-order valence-electron chi connectivity index (χ0n) is 11.2. The summed E-state index contributed by atoms with van der Waals surface area (Å²) in [6.07, 6.45) is 3.65. The molecule has 20 heavy (non-hydrogen) atoms. The summed E-state index contributed by atoms with van der Waals surface area (Å²) >= 11 is 0. The quantitative estimate of drug-likeness (QED) is 0.883. The van der Waals surface area contributed by atoms with E-state index in [1.165, 1.54) is 0 Å². The Balaban J connectivity index is 1.79. The summed E-state index contributed by atoms with van der Waals surface area (Å²) in [7, 11) is 0. The Bertz CT molecular complexity index is 619. The fourth-order valence-corrected chi connectivity index (χ4v) is 2.73. The van der Waals surface area contributed by atoms with E-state index < -0.39 is 5.97 Å². The maximum Gasteiger partial charge on any atom is 0.354 e. The number of H-pyrrole nitrogens is 1. The molecule has 2 aromatic rings. The molecule has 0 saturated carbocycles. The molecule has 0 aliphatic carbocycles. The van der Waals surface area contributed by atoms with Crippen molar-refractivity contribution in [2.75, 3.05) is 6.54 Å². The molecule has 2 aromatic heterocycles. The Morgan fingerprint density at radius 3 is 3.20 bits per heavy atom. The van der Waals surface area contributed by atoms with Crippen molar-refractivity contribution < 1.29 is 14.4 Å². The summed E-state index contributed by atoms with van der Waals surface area (Å²) in [5.74, 6) is -0.188. The van der Waals surface area contributed by atoms with Gasteiger partial charge in [-0.2, -0.15) is 5.10 Å². The number of aromatic nitrogens is 3. The van der Waals surface area contributed by atoms with Crippen LogP contribution >= 0.6 is 0 Å². The average molecular weight is 276 g/mol. The fraction of sp³-hybridized carbons (Fsp3) is 0.462. The number of likely N-dealkylation sites (tertiary alicyclic amines) is 1. The van der Waals surface area contributed by atoms with Gasteiger partial charge in [-0.25, -0.2) is 4.79 Å². The van der Waals surface area contributed by atoms with E-state index in [9.17, 15) is 4.79 Å². The first-order valence-electron chi connectivity index (χ1n) is 6.58. The molecule has 2 N–H and O–H groups in total. The molecule has 1 aliphatic heterocycles. The topological polar surface area (TPSA) is 95.2 Å². The van der Waals surface area contributed by atoms with Crippen molar-refractivity contribution in [1.29, 1.82) is 0 Å². The van der Waals surface area contributed by atoms with Gasteiger partial charge in [0.15, 0.2) is 0 Å². The first-order valence-corrected chi connectivity index (χ1v) is 6.58. The second kappa shape index (κ2) is 5.09. The monoisotopic (exact) mass is 276 g/mol. The van der Waals surface area contributed by atoms with Crippen LogP contribution in [0.2, 0.25) is 0 Å². The summed E-state index contributed by atoms with van der Waals surface area (Å²) in [6, 6.07) is 2.13.